The van der Waals surface area contributed by atoms with Gasteiger partial charge in [-0.25, -0.2) is 0 Å². The lowest BCUT2D eigenvalue weighted by Crippen LogP contribution is -1.70. The fourth-order valence-electron chi connectivity index (χ4n) is 0.287. The van der Waals surface area contributed by atoms with E-state index in [2.05, 4.69) is 6.92 Å². The molecule has 0 aliphatic rings. The van der Waals surface area contributed by atoms with E-state index in [1.165, 1.54) is 0 Å². The molecule has 0 fully saturated rings. The lowest BCUT2D eigenvalue weighted by Gasteiger charge is -1.79. The van der Waals surface area contributed by atoms with E-state index in [4.69, 9.17) is 5.11 Å². The molecular weight excluding hydrogens is 104 g/mol. The number of hydrogen-bond acceptors (Lipinski definition) is 2. The van der Waals surface area contributed by atoms with Gasteiger partial charge >= 0.3 is 0 Å². The fourth-order valence-corrected chi connectivity index (χ4v) is 0.287. The highest BCUT2D eigenvalue weighted by Gasteiger charge is 1.74. The van der Waals surface area contributed by atoms with Crippen molar-refractivity contribution in [2.24, 2.45) is 0 Å². The zero-order valence-corrected chi connectivity index (χ0v) is 5.55. The summed E-state index contributed by atoms with van der Waals surface area (Å²) >= 11 is 0. The van der Waals surface area contributed by atoms with Gasteiger partial charge in [0.15, 0.2) is 0 Å². The first-order chi connectivity index (χ1) is 3.91. The molecule has 0 rings (SSSR count). The molecule has 0 atom stereocenters. The third-order valence-corrected chi connectivity index (χ3v) is 0.676. The Morgan fingerprint density at radius 3 is 2.12 bits per heavy atom. The molecule has 0 spiro atoms. The Balaban J connectivity index is 0. The van der Waals surface area contributed by atoms with Crippen molar-refractivity contribution in [2.75, 3.05) is 7.11 Å². The molecule has 0 unspecified atom stereocenters. The maximum absolute atomic E-state index is 9.56. The predicted octanol–water partition coefficient (Wildman–Crippen LogP) is 0.984. The summed E-state index contributed by atoms with van der Waals surface area (Å²) < 4.78 is 0. The molecule has 2 heteroatoms. The van der Waals surface area contributed by atoms with Crippen molar-refractivity contribution in [1.82, 2.24) is 0 Å². The highest BCUT2D eigenvalue weighted by Crippen LogP contribution is 1.87. The van der Waals surface area contributed by atoms with Crippen LogP contribution in [0.5, 0.6) is 0 Å². The first-order valence-electron chi connectivity index (χ1n) is 2.80. The van der Waals surface area contributed by atoms with Crippen LogP contribution in [0, 0.1) is 0 Å². The Bertz CT molecular complexity index is 35.5. The van der Waals surface area contributed by atoms with Gasteiger partial charge in [-0.05, 0) is 6.42 Å². The van der Waals surface area contributed by atoms with Crippen molar-refractivity contribution in [2.45, 2.75) is 26.2 Å². The number of aldehydes is 1. The van der Waals surface area contributed by atoms with Crippen LogP contribution < -0.4 is 0 Å². The highest BCUT2D eigenvalue weighted by atomic mass is 16.2. The monoisotopic (exact) mass is 118 g/mol. The van der Waals surface area contributed by atoms with Gasteiger partial charge in [-0.2, -0.15) is 0 Å². The van der Waals surface area contributed by atoms with Gasteiger partial charge in [-0.3, -0.25) is 0 Å². The van der Waals surface area contributed by atoms with Crippen LogP contribution in [0.1, 0.15) is 26.2 Å². The van der Waals surface area contributed by atoms with Crippen LogP contribution in [0.25, 0.3) is 0 Å². The molecule has 0 saturated heterocycles. The second kappa shape index (κ2) is 15.9. The van der Waals surface area contributed by atoms with Gasteiger partial charge in [-0.1, -0.05) is 13.3 Å². The van der Waals surface area contributed by atoms with Gasteiger partial charge in [0.05, 0.1) is 0 Å². The largest absolute Gasteiger partial charge is 0.400 e. The molecule has 2 nitrogen and oxygen atoms in total. The van der Waals surface area contributed by atoms with Gasteiger partial charge in [0.2, 0.25) is 0 Å². The van der Waals surface area contributed by atoms with Gasteiger partial charge in [-0.15, -0.1) is 0 Å². The summed E-state index contributed by atoms with van der Waals surface area (Å²) in [4.78, 5) is 9.56. The molecule has 0 radical (unpaired) electrons. The molecule has 0 heterocycles. The van der Waals surface area contributed by atoms with Crippen LogP contribution in [0.2, 0.25) is 0 Å². The van der Waals surface area contributed by atoms with E-state index in [1.54, 1.807) is 0 Å². The average Bonchev–Trinajstić information content (AvgIpc) is 1.88. The molecule has 8 heavy (non-hydrogen) atoms. The van der Waals surface area contributed by atoms with Crippen LogP contribution in [-0.2, 0) is 4.79 Å². The second-order valence-corrected chi connectivity index (χ2v) is 1.31. The summed E-state index contributed by atoms with van der Waals surface area (Å²) in [6.07, 6.45) is 3.86. The summed E-state index contributed by atoms with van der Waals surface area (Å²) in [6, 6.07) is 0. The maximum Gasteiger partial charge on any atom is 0.119 e. The topological polar surface area (TPSA) is 37.3 Å². The zero-order valence-electron chi connectivity index (χ0n) is 5.55. The number of aliphatic hydroxyl groups is 1. The number of carbonyl (C=O) groups excluding carboxylic acids is 1. The Hall–Kier alpha value is -0.370. The maximum atomic E-state index is 9.56. The van der Waals surface area contributed by atoms with E-state index in [-0.39, 0.29) is 0 Å². The minimum Gasteiger partial charge on any atom is -0.400 e. The molecule has 0 aliphatic carbocycles. The Morgan fingerprint density at radius 1 is 1.50 bits per heavy atom. The quantitative estimate of drug-likeness (QED) is 0.443. The third-order valence-electron chi connectivity index (χ3n) is 0.676. The van der Waals surface area contributed by atoms with E-state index in [1.807, 2.05) is 0 Å². The number of carbonyl (C=O) groups is 1. The molecule has 0 bridgehead atoms. The molecule has 0 aromatic rings. The number of hydrogen-bond donors (Lipinski definition) is 1. The SMILES string of the molecule is CCCCC=O.CO. The first kappa shape index (κ1) is 10.6. The van der Waals surface area contributed by atoms with E-state index in [0.717, 1.165) is 32.7 Å². The first-order valence-corrected chi connectivity index (χ1v) is 2.80. The molecule has 1 N–H and O–H groups in total. The summed E-state index contributed by atoms with van der Waals surface area (Å²) in [5.74, 6) is 0. The minimum atomic E-state index is 0.733. The molecule has 0 amide bonds. The lowest BCUT2D eigenvalue weighted by atomic mass is 10.3. The molecule has 0 aliphatic heterocycles. The number of aliphatic hydroxyl groups excluding tert-OH is 1. The molecule has 50 valence electrons. The van der Waals surface area contributed by atoms with Crippen LogP contribution in [0.4, 0.5) is 0 Å². The van der Waals surface area contributed by atoms with Crippen LogP contribution in [0.15, 0.2) is 0 Å². The van der Waals surface area contributed by atoms with Crippen molar-refractivity contribution in [3.05, 3.63) is 0 Å². The van der Waals surface area contributed by atoms with Crippen molar-refractivity contribution < 1.29 is 9.90 Å². The predicted molar refractivity (Wildman–Crippen MR) is 33.7 cm³/mol. The van der Waals surface area contributed by atoms with E-state index in [0.29, 0.717) is 0 Å². The van der Waals surface area contributed by atoms with Gasteiger partial charge in [0.25, 0.3) is 0 Å². The summed E-state index contributed by atoms with van der Waals surface area (Å²) in [7, 11) is 1.00. The van der Waals surface area contributed by atoms with Crippen LogP contribution in [0.3, 0.4) is 0 Å². The normalized spacial score (nSPS) is 6.88. The molecular formula is C6H14O2. The third kappa shape index (κ3) is 17.4. The average molecular weight is 118 g/mol. The molecule has 0 aromatic heterocycles. The zero-order chi connectivity index (χ0) is 6.83. The Labute approximate surface area is 50.5 Å². The van der Waals surface area contributed by atoms with Gasteiger partial charge in [0, 0.05) is 13.5 Å². The van der Waals surface area contributed by atoms with E-state index >= 15 is 0 Å². The minimum absolute atomic E-state index is 0.733. The van der Waals surface area contributed by atoms with Gasteiger partial charge in [0.1, 0.15) is 6.29 Å². The smallest absolute Gasteiger partial charge is 0.119 e. The van der Waals surface area contributed by atoms with Crippen LogP contribution in [-0.4, -0.2) is 18.5 Å². The van der Waals surface area contributed by atoms with Crippen molar-refractivity contribution >= 4 is 6.29 Å². The lowest BCUT2D eigenvalue weighted by molar-refractivity contribution is -0.107. The van der Waals surface area contributed by atoms with E-state index < -0.39 is 0 Å². The Morgan fingerprint density at radius 2 is 2.00 bits per heavy atom. The second-order valence-electron chi connectivity index (χ2n) is 1.31. The summed E-state index contributed by atoms with van der Waals surface area (Å²) in [5, 5.41) is 7.00. The Kier molecular flexibility index (Phi) is 21.1. The highest BCUT2D eigenvalue weighted by molar-refractivity contribution is 5.48. The van der Waals surface area contributed by atoms with Crippen LogP contribution >= 0.6 is 0 Å². The van der Waals surface area contributed by atoms with Crippen molar-refractivity contribution in [1.29, 1.82) is 0 Å². The standard InChI is InChI=1S/C5H10O.CH4O/c1-2-3-4-5-6;1-2/h5H,2-4H2,1H3;2H,1H3. The van der Waals surface area contributed by atoms with Crippen molar-refractivity contribution in [3.8, 4) is 0 Å². The molecule has 0 aromatic carbocycles. The number of unbranched alkanes of at least 4 members (excludes halogenated alkanes) is 2. The molecule has 0 saturated carbocycles. The summed E-state index contributed by atoms with van der Waals surface area (Å²) in [6.45, 7) is 2.07. The van der Waals surface area contributed by atoms with Gasteiger partial charge < -0.3 is 9.90 Å². The van der Waals surface area contributed by atoms with Crippen molar-refractivity contribution in [3.63, 3.8) is 0 Å². The van der Waals surface area contributed by atoms with E-state index in [9.17, 15) is 4.79 Å². The fraction of sp³-hybridized carbons (Fsp3) is 0.833. The summed E-state index contributed by atoms with van der Waals surface area (Å²) in [5.41, 5.74) is 0. The number of rotatable bonds is 3.